The molecule has 1 aromatic rings. The highest BCUT2D eigenvalue weighted by atomic mass is 32.1. The van der Waals surface area contributed by atoms with Crippen LogP contribution in [0.5, 0.6) is 0 Å². The van der Waals surface area contributed by atoms with Gasteiger partial charge >= 0.3 is 6.18 Å². The fourth-order valence-corrected chi connectivity index (χ4v) is 2.79. The van der Waals surface area contributed by atoms with Crippen LogP contribution in [0.2, 0.25) is 0 Å². The number of thiol groups is 1. The minimum atomic E-state index is -4.74. The van der Waals surface area contributed by atoms with E-state index in [4.69, 9.17) is 0 Å². The first-order valence-corrected chi connectivity index (χ1v) is 9.20. The van der Waals surface area contributed by atoms with Gasteiger partial charge in [0.25, 0.3) is 5.69 Å². The van der Waals surface area contributed by atoms with Gasteiger partial charge < -0.3 is 5.32 Å². The maximum absolute atomic E-state index is 12.9. The van der Waals surface area contributed by atoms with E-state index in [1.807, 2.05) is 0 Å². The first-order chi connectivity index (χ1) is 11.9. The standard InChI is InChI=1S/C17H25F3N2O2S/c18-17(19,20)15-13-14(9-10-16(15)22(23)24)21-11-7-5-3-1-2-4-6-8-12-25/h9-10,13,21,25H,1-8,11-12H2. The minimum absolute atomic E-state index is 0.254. The van der Waals surface area contributed by atoms with Crippen LogP contribution < -0.4 is 5.32 Å². The Labute approximate surface area is 151 Å². The van der Waals surface area contributed by atoms with Gasteiger partial charge in [-0.3, -0.25) is 10.1 Å². The zero-order valence-corrected chi connectivity index (χ0v) is 15.0. The molecule has 0 spiro atoms. The summed E-state index contributed by atoms with van der Waals surface area (Å²) in [6, 6.07) is 3.02. The second kappa shape index (κ2) is 11.2. The second-order valence-electron chi connectivity index (χ2n) is 5.97. The minimum Gasteiger partial charge on any atom is -0.385 e. The van der Waals surface area contributed by atoms with Crippen molar-refractivity contribution < 1.29 is 18.1 Å². The Morgan fingerprint density at radius 2 is 1.56 bits per heavy atom. The third-order valence-electron chi connectivity index (χ3n) is 3.91. The van der Waals surface area contributed by atoms with Crippen LogP contribution in [-0.4, -0.2) is 17.2 Å². The smallest absolute Gasteiger partial charge is 0.385 e. The summed E-state index contributed by atoms with van der Waals surface area (Å²) in [5.74, 6) is 0.935. The van der Waals surface area contributed by atoms with E-state index in [2.05, 4.69) is 17.9 Å². The van der Waals surface area contributed by atoms with Crippen molar-refractivity contribution in [3.8, 4) is 0 Å². The molecule has 0 amide bonds. The van der Waals surface area contributed by atoms with Crippen molar-refractivity contribution in [3.05, 3.63) is 33.9 Å². The average Bonchev–Trinajstić information content (AvgIpc) is 2.55. The van der Waals surface area contributed by atoms with Gasteiger partial charge in [-0.25, -0.2) is 0 Å². The Balaban J connectivity index is 2.32. The summed E-state index contributed by atoms with van der Waals surface area (Å²) in [4.78, 5) is 9.69. The number of nitro benzene ring substituents is 1. The Bertz CT molecular complexity index is 539. The van der Waals surface area contributed by atoms with E-state index < -0.39 is 22.4 Å². The van der Waals surface area contributed by atoms with E-state index in [0.717, 1.165) is 43.6 Å². The maximum Gasteiger partial charge on any atom is 0.423 e. The lowest BCUT2D eigenvalue weighted by Crippen LogP contribution is -2.10. The zero-order valence-electron chi connectivity index (χ0n) is 14.1. The number of benzene rings is 1. The number of alkyl halides is 3. The molecule has 0 aliphatic rings. The molecule has 0 aliphatic carbocycles. The van der Waals surface area contributed by atoms with E-state index >= 15 is 0 Å². The summed E-state index contributed by atoms with van der Waals surface area (Å²) in [5, 5.41) is 13.6. The number of anilines is 1. The first kappa shape index (κ1) is 21.6. The molecule has 0 radical (unpaired) electrons. The van der Waals surface area contributed by atoms with Gasteiger partial charge in [-0.2, -0.15) is 25.8 Å². The number of halogens is 3. The molecule has 4 nitrogen and oxygen atoms in total. The zero-order chi connectivity index (χ0) is 18.7. The molecule has 0 unspecified atom stereocenters. The van der Waals surface area contributed by atoms with Gasteiger partial charge in [0.1, 0.15) is 5.56 Å². The Hall–Kier alpha value is -1.44. The predicted octanol–water partition coefficient (Wildman–Crippen LogP) is 6.08. The van der Waals surface area contributed by atoms with E-state index in [9.17, 15) is 23.3 Å². The van der Waals surface area contributed by atoms with Crippen LogP contribution in [0, 0.1) is 10.1 Å². The van der Waals surface area contributed by atoms with E-state index in [1.165, 1.54) is 31.7 Å². The third kappa shape index (κ3) is 8.47. The number of hydrogen-bond acceptors (Lipinski definition) is 4. The molecule has 0 aliphatic heterocycles. The van der Waals surface area contributed by atoms with Crippen molar-refractivity contribution in [2.24, 2.45) is 0 Å². The van der Waals surface area contributed by atoms with Gasteiger partial charge in [0.15, 0.2) is 0 Å². The van der Waals surface area contributed by atoms with Crippen LogP contribution in [0.3, 0.4) is 0 Å². The number of nitro groups is 1. The van der Waals surface area contributed by atoms with Gasteiger partial charge in [0.05, 0.1) is 4.92 Å². The summed E-state index contributed by atoms with van der Waals surface area (Å²) >= 11 is 4.17. The first-order valence-electron chi connectivity index (χ1n) is 8.56. The van der Waals surface area contributed by atoms with Gasteiger partial charge in [0.2, 0.25) is 0 Å². The summed E-state index contributed by atoms with van der Waals surface area (Å²) in [5.41, 5.74) is -1.88. The van der Waals surface area contributed by atoms with Crippen LogP contribution in [0.25, 0.3) is 0 Å². The topological polar surface area (TPSA) is 55.2 Å². The van der Waals surface area contributed by atoms with Crippen LogP contribution in [0.1, 0.15) is 56.9 Å². The fourth-order valence-electron chi connectivity index (χ4n) is 2.56. The normalized spacial score (nSPS) is 11.5. The quantitative estimate of drug-likeness (QED) is 0.201. The number of nitrogens with one attached hydrogen (secondary N) is 1. The molecule has 0 heterocycles. The van der Waals surface area contributed by atoms with Crippen LogP contribution >= 0.6 is 12.6 Å². The maximum atomic E-state index is 12.9. The van der Waals surface area contributed by atoms with Gasteiger partial charge in [-0.15, -0.1) is 0 Å². The molecular weight excluding hydrogens is 353 g/mol. The Kier molecular flexibility index (Phi) is 9.70. The molecule has 0 bridgehead atoms. The second-order valence-corrected chi connectivity index (χ2v) is 6.41. The molecule has 1 aromatic carbocycles. The molecule has 142 valence electrons. The summed E-state index contributed by atoms with van der Waals surface area (Å²) in [6.07, 6.45) is 4.20. The Morgan fingerprint density at radius 1 is 1.00 bits per heavy atom. The number of hydrogen-bond donors (Lipinski definition) is 2. The highest BCUT2D eigenvalue weighted by Gasteiger charge is 2.38. The largest absolute Gasteiger partial charge is 0.423 e. The summed E-state index contributed by atoms with van der Waals surface area (Å²) < 4.78 is 38.7. The summed E-state index contributed by atoms with van der Waals surface area (Å²) in [6.45, 7) is 0.550. The van der Waals surface area contributed by atoms with Gasteiger partial charge in [-0.05, 0) is 30.7 Å². The van der Waals surface area contributed by atoms with Crippen molar-refractivity contribution >= 4 is 24.0 Å². The van der Waals surface area contributed by atoms with Gasteiger partial charge in [-0.1, -0.05) is 38.5 Å². The van der Waals surface area contributed by atoms with E-state index in [1.54, 1.807) is 0 Å². The predicted molar refractivity (Wildman–Crippen MR) is 97.4 cm³/mol. The highest BCUT2D eigenvalue weighted by molar-refractivity contribution is 7.80. The molecular formula is C17H25F3N2O2S. The van der Waals surface area contributed by atoms with Crippen molar-refractivity contribution in [1.82, 2.24) is 0 Å². The van der Waals surface area contributed by atoms with Gasteiger partial charge in [0, 0.05) is 18.3 Å². The lowest BCUT2D eigenvalue weighted by Gasteiger charge is -2.11. The molecule has 1 N–H and O–H groups in total. The number of nitrogens with zero attached hydrogens (tertiary/aromatic N) is 1. The van der Waals surface area contributed by atoms with Crippen LogP contribution in [-0.2, 0) is 6.18 Å². The van der Waals surface area contributed by atoms with Crippen molar-refractivity contribution in [2.45, 2.75) is 57.5 Å². The number of unbranched alkanes of at least 4 members (excludes halogenated alkanes) is 7. The summed E-state index contributed by atoms with van der Waals surface area (Å²) in [7, 11) is 0. The monoisotopic (exact) mass is 378 g/mol. The van der Waals surface area contributed by atoms with Crippen LogP contribution in [0.4, 0.5) is 24.5 Å². The van der Waals surface area contributed by atoms with Crippen LogP contribution in [0.15, 0.2) is 18.2 Å². The molecule has 8 heteroatoms. The molecule has 1 rings (SSSR count). The molecule has 0 aromatic heterocycles. The van der Waals surface area contributed by atoms with E-state index in [0.29, 0.717) is 6.54 Å². The SMILES string of the molecule is O=[N+]([O-])c1ccc(NCCCCCCCCCCS)cc1C(F)(F)F. The third-order valence-corrected chi connectivity index (χ3v) is 4.23. The molecule has 0 saturated heterocycles. The molecule has 0 fully saturated rings. The molecule has 25 heavy (non-hydrogen) atoms. The van der Waals surface area contributed by atoms with E-state index in [-0.39, 0.29) is 5.69 Å². The van der Waals surface area contributed by atoms with Crippen molar-refractivity contribution in [2.75, 3.05) is 17.6 Å². The Morgan fingerprint density at radius 3 is 2.08 bits per heavy atom. The molecule has 0 saturated carbocycles. The molecule has 0 atom stereocenters. The van der Waals surface area contributed by atoms with Crippen molar-refractivity contribution in [1.29, 1.82) is 0 Å². The number of rotatable bonds is 12. The highest BCUT2D eigenvalue weighted by Crippen LogP contribution is 2.37. The average molecular weight is 378 g/mol. The lowest BCUT2D eigenvalue weighted by atomic mass is 10.1. The lowest BCUT2D eigenvalue weighted by molar-refractivity contribution is -0.388. The van der Waals surface area contributed by atoms with Crippen molar-refractivity contribution in [3.63, 3.8) is 0 Å². The fraction of sp³-hybridized carbons (Fsp3) is 0.647.